The van der Waals surface area contributed by atoms with Gasteiger partial charge in [-0.05, 0) is 44.2 Å². The molecule has 1 aliphatic heterocycles. The molecule has 1 saturated heterocycles. The highest BCUT2D eigenvalue weighted by molar-refractivity contribution is 6.31. The van der Waals surface area contributed by atoms with Gasteiger partial charge in [-0.25, -0.2) is 9.78 Å². The Bertz CT molecular complexity index is 1130. The van der Waals surface area contributed by atoms with Gasteiger partial charge < -0.3 is 25.2 Å². The van der Waals surface area contributed by atoms with Gasteiger partial charge >= 0.3 is 6.03 Å². The number of hydrogen-bond donors (Lipinski definition) is 2. The van der Waals surface area contributed by atoms with Gasteiger partial charge in [0, 0.05) is 48.6 Å². The number of hydrogen-bond acceptors (Lipinski definition) is 6. The van der Waals surface area contributed by atoms with Gasteiger partial charge in [-0.15, -0.1) is 0 Å². The number of anilines is 4. The molecule has 8 nitrogen and oxygen atoms in total. The molecule has 0 bridgehead atoms. The smallest absolute Gasteiger partial charge is 0.322 e. The summed E-state index contributed by atoms with van der Waals surface area (Å²) in [7, 11) is 1.56. The number of amides is 2. The molecule has 0 unspecified atom stereocenters. The molecule has 2 N–H and O–H groups in total. The Morgan fingerprint density at radius 1 is 1.00 bits per heavy atom. The highest BCUT2D eigenvalue weighted by Crippen LogP contribution is 2.28. The molecule has 1 aromatic heterocycles. The zero-order valence-electron chi connectivity index (χ0n) is 18.9. The number of carbonyl (C=O) groups is 1. The zero-order chi connectivity index (χ0) is 23.4. The van der Waals surface area contributed by atoms with Crippen LogP contribution in [0.1, 0.15) is 11.3 Å². The predicted octanol–water partition coefficient (Wildman–Crippen LogP) is 4.85. The summed E-state index contributed by atoms with van der Waals surface area (Å²) in [6.45, 7) is 6.47. The van der Waals surface area contributed by atoms with Crippen molar-refractivity contribution in [2.24, 2.45) is 0 Å². The van der Waals surface area contributed by atoms with E-state index < -0.39 is 0 Å². The van der Waals surface area contributed by atoms with E-state index in [9.17, 15) is 4.79 Å². The molecular weight excluding hydrogens is 440 g/mol. The van der Waals surface area contributed by atoms with Crippen molar-refractivity contribution in [3.63, 3.8) is 0 Å². The molecular formula is C24H27ClN6O2. The summed E-state index contributed by atoms with van der Waals surface area (Å²) >= 11 is 6.07. The quantitative estimate of drug-likeness (QED) is 0.559. The minimum absolute atomic E-state index is 0.184. The van der Waals surface area contributed by atoms with Crippen molar-refractivity contribution in [1.82, 2.24) is 14.9 Å². The van der Waals surface area contributed by atoms with Crippen LogP contribution in [-0.4, -0.2) is 54.2 Å². The molecule has 0 atom stereocenters. The standard InChI is InChI=1S/C24H27ClN6O2/c1-16-4-7-19(8-5-16)27-23-26-17(2)14-22(29-23)30-10-12-31(13-11-30)24(32)28-20-15-18(25)6-9-21(20)33-3/h4-9,14-15H,10-13H2,1-3H3,(H,28,32)(H,26,27,29). The van der Waals surface area contributed by atoms with E-state index in [-0.39, 0.29) is 6.03 Å². The van der Waals surface area contributed by atoms with Gasteiger partial charge in [0.05, 0.1) is 12.8 Å². The van der Waals surface area contributed by atoms with Crippen molar-refractivity contribution in [1.29, 1.82) is 0 Å². The van der Waals surface area contributed by atoms with Gasteiger partial charge in [0.25, 0.3) is 0 Å². The zero-order valence-corrected chi connectivity index (χ0v) is 19.7. The number of methoxy groups -OCH3 is 1. The molecule has 172 valence electrons. The first-order chi connectivity index (χ1) is 15.9. The van der Waals surface area contributed by atoms with Crippen molar-refractivity contribution in [3.8, 4) is 5.75 Å². The molecule has 0 spiro atoms. The Kier molecular flexibility index (Phi) is 6.84. The Balaban J connectivity index is 1.39. The van der Waals surface area contributed by atoms with Gasteiger partial charge in [-0.2, -0.15) is 4.98 Å². The fourth-order valence-corrected chi connectivity index (χ4v) is 3.82. The van der Waals surface area contributed by atoms with Crippen LogP contribution in [-0.2, 0) is 0 Å². The number of carbonyl (C=O) groups excluding carboxylic acids is 1. The minimum atomic E-state index is -0.184. The van der Waals surface area contributed by atoms with E-state index in [0.717, 1.165) is 17.2 Å². The lowest BCUT2D eigenvalue weighted by atomic mass is 10.2. The van der Waals surface area contributed by atoms with Crippen LogP contribution in [0.15, 0.2) is 48.5 Å². The lowest BCUT2D eigenvalue weighted by molar-refractivity contribution is 0.208. The molecule has 0 saturated carbocycles. The van der Waals surface area contributed by atoms with Crippen molar-refractivity contribution in [2.75, 3.05) is 48.8 Å². The topological polar surface area (TPSA) is 82.6 Å². The second-order valence-electron chi connectivity index (χ2n) is 7.93. The number of aromatic nitrogens is 2. The maximum absolute atomic E-state index is 12.8. The monoisotopic (exact) mass is 466 g/mol. The molecule has 2 heterocycles. The third kappa shape index (κ3) is 5.64. The van der Waals surface area contributed by atoms with Crippen LogP contribution in [0.4, 0.5) is 27.9 Å². The number of piperazine rings is 1. The largest absolute Gasteiger partial charge is 0.495 e. The Morgan fingerprint density at radius 3 is 2.42 bits per heavy atom. The summed E-state index contributed by atoms with van der Waals surface area (Å²) in [5, 5.41) is 6.71. The van der Waals surface area contributed by atoms with E-state index in [1.165, 1.54) is 5.56 Å². The normalized spacial score (nSPS) is 13.6. The van der Waals surface area contributed by atoms with Crippen molar-refractivity contribution >= 4 is 40.8 Å². The Hall–Kier alpha value is -3.52. The third-order valence-corrected chi connectivity index (χ3v) is 5.68. The minimum Gasteiger partial charge on any atom is -0.495 e. The first-order valence-electron chi connectivity index (χ1n) is 10.7. The van der Waals surface area contributed by atoms with Crippen LogP contribution in [0.2, 0.25) is 5.02 Å². The number of ether oxygens (including phenoxy) is 1. The molecule has 33 heavy (non-hydrogen) atoms. The molecule has 4 rings (SSSR count). The molecule has 2 aromatic carbocycles. The van der Waals surface area contributed by atoms with Gasteiger partial charge in [-0.1, -0.05) is 29.3 Å². The Morgan fingerprint density at radius 2 is 1.73 bits per heavy atom. The number of aryl methyl sites for hydroxylation is 2. The van der Waals surface area contributed by atoms with Crippen LogP contribution in [0.5, 0.6) is 5.75 Å². The molecule has 0 aliphatic carbocycles. The summed E-state index contributed by atoms with van der Waals surface area (Å²) in [6.07, 6.45) is 0. The maximum atomic E-state index is 12.8. The number of nitrogens with zero attached hydrogens (tertiary/aromatic N) is 4. The summed E-state index contributed by atoms with van der Waals surface area (Å²) in [5.41, 5.74) is 3.57. The van der Waals surface area contributed by atoms with Gasteiger partial charge in [0.1, 0.15) is 11.6 Å². The second-order valence-corrected chi connectivity index (χ2v) is 8.37. The number of benzene rings is 2. The van der Waals surface area contributed by atoms with Gasteiger partial charge in [0.2, 0.25) is 5.95 Å². The summed E-state index contributed by atoms with van der Waals surface area (Å²) in [6, 6.07) is 15.0. The third-order valence-electron chi connectivity index (χ3n) is 5.44. The van der Waals surface area contributed by atoms with E-state index in [2.05, 4.69) is 27.4 Å². The summed E-state index contributed by atoms with van der Waals surface area (Å²) in [5.74, 6) is 1.97. The molecule has 9 heteroatoms. The molecule has 3 aromatic rings. The van der Waals surface area contributed by atoms with Gasteiger partial charge in [0.15, 0.2) is 0 Å². The van der Waals surface area contributed by atoms with Crippen LogP contribution in [0, 0.1) is 13.8 Å². The lowest BCUT2D eigenvalue weighted by Crippen LogP contribution is -2.50. The van der Waals surface area contributed by atoms with Crippen molar-refractivity contribution in [2.45, 2.75) is 13.8 Å². The molecule has 2 amide bonds. The first-order valence-corrected chi connectivity index (χ1v) is 11.1. The molecule has 1 fully saturated rings. The second kappa shape index (κ2) is 9.95. The summed E-state index contributed by atoms with van der Waals surface area (Å²) < 4.78 is 5.31. The van der Waals surface area contributed by atoms with E-state index in [1.54, 1.807) is 30.2 Å². The van der Waals surface area contributed by atoms with Crippen LogP contribution < -0.4 is 20.3 Å². The highest BCUT2D eigenvalue weighted by Gasteiger charge is 2.23. The number of urea groups is 1. The van der Waals surface area contributed by atoms with Crippen LogP contribution >= 0.6 is 11.6 Å². The predicted molar refractivity (Wildman–Crippen MR) is 132 cm³/mol. The van der Waals surface area contributed by atoms with Crippen molar-refractivity contribution < 1.29 is 9.53 Å². The first kappa shape index (κ1) is 22.7. The highest BCUT2D eigenvalue weighted by atomic mass is 35.5. The number of nitrogens with one attached hydrogen (secondary N) is 2. The lowest BCUT2D eigenvalue weighted by Gasteiger charge is -2.35. The molecule has 1 aliphatic rings. The van der Waals surface area contributed by atoms with E-state index in [1.807, 2.05) is 37.3 Å². The fraction of sp³-hybridized carbons (Fsp3) is 0.292. The fourth-order valence-electron chi connectivity index (χ4n) is 3.65. The molecule has 0 radical (unpaired) electrons. The number of halogens is 1. The van der Waals surface area contributed by atoms with Crippen LogP contribution in [0.3, 0.4) is 0 Å². The average molecular weight is 467 g/mol. The average Bonchev–Trinajstić information content (AvgIpc) is 2.80. The van der Waals surface area contributed by atoms with Crippen LogP contribution in [0.25, 0.3) is 0 Å². The van der Waals surface area contributed by atoms with E-state index in [4.69, 9.17) is 21.3 Å². The summed E-state index contributed by atoms with van der Waals surface area (Å²) in [4.78, 5) is 25.9. The van der Waals surface area contributed by atoms with Crippen molar-refractivity contribution in [3.05, 3.63) is 64.8 Å². The van der Waals surface area contributed by atoms with Gasteiger partial charge in [-0.3, -0.25) is 0 Å². The Labute approximate surface area is 198 Å². The van der Waals surface area contributed by atoms with E-state index in [0.29, 0.717) is 48.6 Å². The number of rotatable bonds is 5. The maximum Gasteiger partial charge on any atom is 0.322 e. The SMILES string of the molecule is COc1ccc(Cl)cc1NC(=O)N1CCN(c2cc(C)nc(Nc3ccc(C)cc3)n2)CC1. The van der Waals surface area contributed by atoms with E-state index >= 15 is 0 Å².